The van der Waals surface area contributed by atoms with Crippen molar-refractivity contribution in [1.29, 1.82) is 0 Å². The van der Waals surface area contributed by atoms with E-state index < -0.39 is 0 Å². The second kappa shape index (κ2) is 3.94. The molecule has 0 bridgehead atoms. The summed E-state index contributed by atoms with van der Waals surface area (Å²) in [6.07, 6.45) is 0.215. The highest BCUT2D eigenvalue weighted by Crippen LogP contribution is 2.24. The van der Waals surface area contributed by atoms with Crippen molar-refractivity contribution >= 4 is 11.6 Å². The number of pyridine rings is 1. The molecule has 2 heterocycles. The van der Waals surface area contributed by atoms with Crippen molar-refractivity contribution in [1.82, 2.24) is 4.98 Å². The summed E-state index contributed by atoms with van der Waals surface area (Å²) in [5, 5.41) is 0. The second-order valence-electron chi connectivity index (χ2n) is 4.99. The van der Waals surface area contributed by atoms with Gasteiger partial charge in [0.05, 0.1) is 11.7 Å². The van der Waals surface area contributed by atoms with E-state index in [1.54, 1.807) is 6.07 Å². The third-order valence-electron chi connectivity index (χ3n) is 2.65. The quantitative estimate of drug-likeness (QED) is 0.783. The molecule has 4 heteroatoms. The molecule has 16 heavy (non-hydrogen) atoms. The minimum atomic E-state index is -0.135. The van der Waals surface area contributed by atoms with Crippen LogP contribution in [0.25, 0.3) is 0 Å². The molecule has 1 aromatic rings. The van der Waals surface area contributed by atoms with Gasteiger partial charge in [0, 0.05) is 13.1 Å². The highest BCUT2D eigenvalue weighted by molar-refractivity contribution is 5.45. The Kier molecular flexibility index (Phi) is 2.76. The van der Waals surface area contributed by atoms with Crippen LogP contribution in [0.3, 0.4) is 0 Å². The van der Waals surface area contributed by atoms with Gasteiger partial charge in [-0.25, -0.2) is 4.98 Å². The fourth-order valence-corrected chi connectivity index (χ4v) is 2.24. The molecule has 2 rings (SSSR count). The van der Waals surface area contributed by atoms with Crippen molar-refractivity contribution in [2.75, 3.05) is 23.7 Å². The third kappa shape index (κ3) is 2.44. The first-order chi connectivity index (χ1) is 7.46. The minimum Gasteiger partial charge on any atom is -0.384 e. The number of hydrogen-bond acceptors (Lipinski definition) is 4. The number of morpholine rings is 1. The first kappa shape index (κ1) is 11.2. The van der Waals surface area contributed by atoms with Gasteiger partial charge in [-0.3, -0.25) is 0 Å². The molecule has 0 spiro atoms. The van der Waals surface area contributed by atoms with Crippen LogP contribution in [0.5, 0.6) is 0 Å². The number of rotatable bonds is 1. The number of anilines is 2. The number of ether oxygens (including phenoxy) is 1. The van der Waals surface area contributed by atoms with Crippen LogP contribution in [0.15, 0.2) is 18.2 Å². The maximum absolute atomic E-state index is 5.85. The normalized spacial score (nSPS) is 24.4. The summed E-state index contributed by atoms with van der Waals surface area (Å²) >= 11 is 0. The van der Waals surface area contributed by atoms with E-state index in [0.29, 0.717) is 5.82 Å². The molecular weight excluding hydrogens is 202 g/mol. The lowest BCUT2D eigenvalue weighted by atomic mass is 10.1. The van der Waals surface area contributed by atoms with Crippen LogP contribution in [-0.2, 0) is 4.74 Å². The minimum absolute atomic E-state index is 0.135. The Bertz CT molecular complexity index is 378. The zero-order valence-electron chi connectivity index (χ0n) is 10.1. The molecule has 0 saturated carbocycles. The Morgan fingerprint density at radius 3 is 2.88 bits per heavy atom. The molecule has 0 aliphatic carbocycles. The predicted molar refractivity (Wildman–Crippen MR) is 65.5 cm³/mol. The highest BCUT2D eigenvalue weighted by Gasteiger charge is 2.31. The molecule has 4 nitrogen and oxygen atoms in total. The van der Waals surface area contributed by atoms with E-state index in [2.05, 4.69) is 30.7 Å². The van der Waals surface area contributed by atoms with Gasteiger partial charge in [-0.05, 0) is 32.9 Å². The zero-order chi connectivity index (χ0) is 11.8. The predicted octanol–water partition coefficient (Wildman–Crippen LogP) is 1.67. The molecule has 1 aromatic heterocycles. The maximum Gasteiger partial charge on any atom is 0.131 e. The van der Waals surface area contributed by atoms with Crippen LogP contribution in [0.4, 0.5) is 11.6 Å². The van der Waals surface area contributed by atoms with E-state index in [0.717, 1.165) is 18.9 Å². The number of hydrogen-bond donors (Lipinski definition) is 1. The Morgan fingerprint density at radius 2 is 2.25 bits per heavy atom. The molecule has 0 amide bonds. The van der Waals surface area contributed by atoms with Crippen LogP contribution < -0.4 is 10.6 Å². The van der Waals surface area contributed by atoms with E-state index >= 15 is 0 Å². The van der Waals surface area contributed by atoms with Crippen molar-refractivity contribution < 1.29 is 4.74 Å². The average Bonchev–Trinajstić information content (AvgIpc) is 2.14. The smallest absolute Gasteiger partial charge is 0.131 e. The van der Waals surface area contributed by atoms with Gasteiger partial charge in [0.15, 0.2) is 0 Å². The average molecular weight is 221 g/mol. The molecule has 1 atom stereocenters. The van der Waals surface area contributed by atoms with Gasteiger partial charge in [0.2, 0.25) is 0 Å². The maximum atomic E-state index is 5.85. The molecule has 1 fully saturated rings. The van der Waals surface area contributed by atoms with Crippen molar-refractivity contribution in [3.05, 3.63) is 18.2 Å². The number of nitrogens with two attached hydrogens (primary N) is 1. The van der Waals surface area contributed by atoms with Gasteiger partial charge in [0.25, 0.3) is 0 Å². The summed E-state index contributed by atoms with van der Waals surface area (Å²) in [5.74, 6) is 1.50. The van der Waals surface area contributed by atoms with Gasteiger partial charge in [-0.1, -0.05) is 6.07 Å². The monoisotopic (exact) mass is 221 g/mol. The summed E-state index contributed by atoms with van der Waals surface area (Å²) in [6.45, 7) is 7.98. The van der Waals surface area contributed by atoms with E-state index in [4.69, 9.17) is 10.5 Å². The van der Waals surface area contributed by atoms with E-state index in [-0.39, 0.29) is 11.7 Å². The first-order valence-electron chi connectivity index (χ1n) is 5.61. The van der Waals surface area contributed by atoms with Gasteiger partial charge >= 0.3 is 0 Å². The fourth-order valence-electron chi connectivity index (χ4n) is 2.24. The summed E-state index contributed by atoms with van der Waals surface area (Å²) in [4.78, 5) is 6.57. The fraction of sp³-hybridized carbons (Fsp3) is 0.583. The summed E-state index contributed by atoms with van der Waals surface area (Å²) in [6, 6.07) is 5.73. The Labute approximate surface area is 96.4 Å². The standard InChI is InChI=1S/C12H19N3O/c1-9-7-15(8-12(2,3)16-9)11-6-4-5-10(13)14-11/h4-6,9H,7-8H2,1-3H3,(H2,13,14). The Balaban J connectivity index is 2.21. The van der Waals surface area contributed by atoms with Gasteiger partial charge in [0.1, 0.15) is 11.6 Å². The van der Waals surface area contributed by atoms with E-state index in [9.17, 15) is 0 Å². The lowest BCUT2D eigenvalue weighted by Crippen LogP contribution is -2.52. The van der Waals surface area contributed by atoms with Gasteiger partial charge < -0.3 is 15.4 Å². The largest absolute Gasteiger partial charge is 0.384 e. The third-order valence-corrected chi connectivity index (χ3v) is 2.65. The van der Waals surface area contributed by atoms with Crippen LogP contribution >= 0.6 is 0 Å². The summed E-state index contributed by atoms with van der Waals surface area (Å²) in [7, 11) is 0. The van der Waals surface area contributed by atoms with Gasteiger partial charge in [-0.15, -0.1) is 0 Å². The Hall–Kier alpha value is -1.29. The topological polar surface area (TPSA) is 51.4 Å². The lowest BCUT2D eigenvalue weighted by molar-refractivity contribution is -0.0751. The molecule has 88 valence electrons. The van der Waals surface area contributed by atoms with Crippen molar-refractivity contribution in [2.24, 2.45) is 0 Å². The molecule has 0 radical (unpaired) electrons. The summed E-state index contributed by atoms with van der Waals surface area (Å²) < 4.78 is 5.85. The summed E-state index contributed by atoms with van der Waals surface area (Å²) in [5.41, 5.74) is 5.56. The van der Waals surface area contributed by atoms with Crippen LogP contribution in [0, 0.1) is 0 Å². The molecule has 0 aromatic carbocycles. The first-order valence-corrected chi connectivity index (χ1v) is 5.61. The Morgan fingerprint density at radius 1 is 1.50 bits per heavy atom. The van der Waals surface area contributed by atoms with Crippen molar-refractivity contribution in [3.8, 4) is 0 Å². The molecule has 2 N–H and O–H groups in total. The van der Waals surface area contributed by atoms with Crippen LogP contribution in [0.2, 0.25) is 0 Å². The second-order valence-corrected chi connectivity index (χ2v) is 4.99. The lowest BCUT2D eigenvalue weighted by Gasteiger charge is -2.42. The van der Waals surface area contributed by atoms with Crippen LogP contribution in [0.1, 0.15) is 20.8 Å². The number of nitrogens with zero attached hydrogens (tertiary/aromatic N) is 2. The van der Waals surface area contributed by atoms with Crippen LogP contribution in [-0.4, -0.2) is 29.8 Å². The zero-order valence-corrected chi connectivity index (χ0v) is 10.1. The SMILES string of the molecule is CC1CN(c2cccc(N)n2)CC(C)(C)O1. The number of nitrogen functional groups attached to an aromatic ring is 1. The molecular formula is C12H19N3O. The molecule has 1 saturated heterocycles. The molecule has 1 unspecified atom stereocenters. The highest BCUT2D eigenvalue weighted by atomic mass is 16.5. The molecule has 1 aliphatic heterocycles. The van der Waals surface area contributed by atoms with Gasteiger partial charge in [-0.2, -0.15) is 0 Å². The van der Waals surface area contributed by atoms with Crippen molar-refractivity contribution in [2.45, 2.75) is 32.5 Å². The van der Waals surface area contributed by atoms with E-state index in [1.165, 1.54) is 0 Å². The van der Waals surface area contributed by atoms with E-state index in [1.807, 2.05) is 12.1 Å². The molecule has 1 aliphatic rings. The number of aromatic nitrogens is 1. The van der Waals surface area contributed by atoms with Crippen molar-refractivity contribution in [3.63, 3.8) is 0 Å².